The second-order valence-electron chi connectivity index (χ2n) is 8.13. The summed E-state index contributed by atoms with van der Waals surface area (Å²) in [6.07, 6.45) is 1.13. The highest BCUT2D eigenvalue weighted by Crippen LogP contribution is 2.35. The molecule has 0 aromatic heterocycles. The van der Waals surface area contributed by atoms with Gasteiger partial charge in [0.05, 0.1) is 4.90 Å². The van der Waals surface area contributed by atoms with E-state index in [9.17, 15) is 13.2 Å². The van der Waals surface area contributed by atoms with E-state index in [0.717, 1.165) is 30.9 Å². The SMILES string of the molecule is CCC(=O)N1c2ccc(S(=O)(=O)N3CCN(Cc4ccccc4)CC3)cc2C[C@@H]1C. The van der Waals surface area contributed by atoms with Crippen LogP contribution in [0.4, 0.5) is 5.69 Å². The highest BCUT2D eigenvalue weighted by Gasteiger charge is 2.33. The third-order valence-corrected chi connectivity index (χ3v) is 7.95. The number of rotatable bonds is 5. The maximum absolute atomic E-state index is 13.2. The molecule has 1 saturated heterocycles. The lowest BCUT2D eigenvalue weighted by Gasteiger charge is -2.34. The molecule has 7 heteroatoms. The lowest BCUT2D eigenvalue weighted by molar-refractivity contribution is -0.118. The van der Waals surface area contributed by atoms with Crippen molar-refractivity contribution in [1.82, 2.24) is 9.21 Å². The van der Waals surface area contributed by atoms with Gasteiger partial charge in [-0.25, -0.2) is 8.42 Å². The number of sulfonamides is 1. The molecule has 0 N–H and O–H groups in total. The molecule has 0 unspecified atom stereocenters. The van der Waals surface area contributed by atoms with Crippen LogP contribution in [0.1, 0.15) is 31.4 Å². The molecule has 2 aromatic rings. The Labute approximate surface area is 179 Å². The zero-order valence-electron chi connectivity index (χ0n) is 17.6. The molecule has 2 heterocycles. The van der Waals surface area contributed by atoms with Crippen molar-refractivity contribution in [3.63, 3.8) is 0 Å². The standard InChI is InChI=1S/C23H29N3O3S/c1-3-23(27)26-18(2)15-20-16-21(9-10-22(20)26)30(28,29)25-13-11-24(12-14-25)17-19-7-5-4-6-8-19/h4-10,16,18H,3,11-15,17H2,1-2H3/t18-/m0/s1. The van der Waals surface area contributed by atoms with Crippen LogP contribution in [0.25, 0.3) is 0 Å². The molecule has 160 valence electrons. The van der Waals surface area contributed by atoms with E-state index in [2.05, 4.69) is 17.0 Å². The Morgan fingerprint density at radius 2 is 1.73 bits per heavy atom. The highest BCUT2D eigenvalue weighted by atomic mass is 32.2. The van der Waals surface area contributed by atoms with Crippen LogP contribution < -0.4 is 4.90 Å². The van der Waals surface area contributed by atoms with E-state index in [-0.39, 0.29) is 11.9 Å². The van der Waals surface area contributed by atoms with Gasteiger partial charge in [0.25, 0.3) is 0 Å². The smallest absolute Gasteiger partial charge is 0.243 e. The fraction of sp³-hybridized carbons (Fsp3) is 0.435. The largest absolute Gasteiger partial charge is 0.309 e. The molecule has 0 saturated carbocycles. The van der Waals surface area contributed by atoms with Crippen LogP contribution in [-0.2, 0) is 27.8 Å². The second-order valence-corrected chi connectivity index (χ2v) is 10.1. The molecule has 1 fully saturated rings. The maximum atomic E-state index is 13.2. The molecule has 4 rings (SSSR count). The monoisotopic (exact) mass is 427 g/mol. The average molecular weight is 428 g/mol. The normalized spacial score (nSPS) is 20.3. The van der Waals surface area contributed by atoms with Gasteiger partial charge < -0.3 is 4.90 Å². The number of amides is 1. The van der Waals surface area contributed by atoms with Crippen molar-refractivity contribution in [1.29, 1.82) is 0 Å². The van der Waals surface area contributed by atoms with Crippen LogP contribution in [0.5, 0.6) is 0 Å². The van der Waals surface area contributed by atoms with Gasteiger partial charge in [0.1, 0.15) is 0 Å². The molecule has 0 aliphatic carbocycles. The van der Waals surface area contributed by atoms with Gasteiger partial charge in [-0.05, 0) is 42.7 Å². The van der Waals surface area contributed by atoms with Crippen LogP contribution in [0, 0.1) is 0 Å². The lowest BCUT2D eigenvalue weighted by atomic mass is 10.1. The Balaban J connectivity index is 1.46. The summed E-state index contributed by atoms with van der Waals surface area (Å²) in [5.74, 6) is 0.0754. The van der Waals surface area contributed by atoms with Crippen LogP contribution in [0.3, 0.4) is 0 Å². The number of carbonyl (C=O) groups is 1. The first-order valence-corrected chi connectivity index (χ1v) is 12.1. The minimum Gasteiger partial charge on any atom is -0.309 e. The number of benzene rings is 2. The highest BCUT2D eigenvalue weighted by molar-refractivity contribution is 7.89. The Bertz CT molecular complexity index is 1020. The molecule has 1 amide bonds. The van der Waals surface area contributed by atoms with E-state index in [1.807, 2.05) is 32.0 Å². The van der Waals surface area contributed by atoms with Crippen LogP contribution in [0.2, 0.25) is 0 Å². The number of piperazine rings is 1. The molecule has 1 atom stereocenters. The van der Waals surface area contributed by atoms with Gasteiger partial charge in [0.2, 0.25) is 15.9 Å². The van der Waals surface area contributed by atoms with Crippen LogP contribution in [0.15, 0.2) is 53.4 Å². The van der Waals surface area contributed by atoms with E-state index in [1.165, 1.54) is 5.56 Å². The predicted molar refractivity (Wildman–Crippen MR) is 118 cm³/mol. The van der Waals surface area contributed by atoms with Crippen molar-refractivity contribution in [2.24, 2.45) is 0 Å². The van der Waals surface area contributed by atoms with Gasteiger partial charge in [0, 0.05) is 50.9 Å². The number of anilines is 1. The summed E-state index contributed by atoms with van der Waals surface area (Å²) >= 11 is 0. The van der Waals surface area contributed by atoms with Crippen molar-refractivity contribution in [2.45, 2.75) is 44.2 Å². The minimum atomic E-state index is -3.54. The first kappa shape index (κ1) is 21.0. The van der Waals surface area contributed by atoms with Crippen LogP contribution >= 0.6 is 0 Å². The molecule has 30 heavy (non-hydrogen) atoms. The molecular formula is C23H29N3O3S. The van der Waals surface area contributed by atoms with Gasteiger partial charge in [0.15, 0.2) is 0 Å². The summed E-state index contributed by atoms with van der Waals surface area (Å²) in [5, 5.41) is 0. The van der Waals surface area contributed by atoms with Gasteiger partial charge in [-0.3, -0.25) is 9.69 Å². The number of fused-ring (bicyclic) bond motifs is 1. The van der Waals surface area contributed by atoms with Crippen molar-refractivity contribution in [2.75, 3.05) is 31.1 Å². The Kier molecular flexibility index (Phi) is 5.95. The van der Waals surface area contributed by atoms with E-state index in [1.54, 1.807) is 27.4 Å². The topological polar surface area (TPSA) is 60.9 Å². The predicted octanol–water partition coefficient (Wildman–Crippen LogP) is 2.88. The Morgan fingerprint density at radius 3 is 2.40 bits per heavy atom. The Hall–Kier alpha value is -2.22. The summed E-state index contributed by atoms with van der Waals surface area (Å²) in [6, 6.07) is 15.5. The molecule has 2 aliphatic rings. The minimum absolute atomic E-state index is 0.0620. The summed E-state index contributed by atoms with van der Waals surface area (Å²) in [6.45, 7) is 7.11. The summed E-state index contributed by atoms with van der Waals surface area (Å²) in [5.41, 5.74) is 3.03. The molecule has 0 radical (unpaired) electrons. The van der Waals surface area contributed by atoms with Crippen LogP contribution in [-0.4, -0.2) is 55.8 Å². The van der Waals surface area contributed by atoms with Gasteiger partial charge in [-0.2, -0.15) is 4.31 Å². The van der Waals surface area contributed by atoms with Crippen molar-refractivity contribution in [3.05, 3.63) is 59.7 Å². The number of carbonyl (C=O) groups excluding carboxylic acids is 1. The lowest BCUT2D eigenvalue weighted by Crippen LogP contribution is -2.48. The number of nitrogens with zero attached hydrogens (tertiary/aromatic N) is 3. The van der Waals surface area contributed by atoms with Gasteiger partial charge in [-0.1, -0.05) is 37.3 Å². The first-order valence-electron chi connectivity index (χ1n) is 10.6. The third kappa shape index (κ3) is 4.02. The van der Waals surface area contributed by atoms with E-state index in [0.29, 0.717) is 30.8 Å². The molecule has 0 spiro atoms. The molecular weight excluding hydrogens is 398 g/mol. The molecule has 2 aromatic carbocycles. The third-order valence-electron chi connectivity index (χ3n) is 6.06. The van der Waals surface area contributed by atoms with Crippen molar-refractivity contribution < 1.29 is 13.2 Å². The average Bonchev–Trinajstić information content (AvgIpc) is 3.09. The fourth-order valence-corrected chi connectivity index (χ4v) is 5.91. The van der Waals surface area contributed by atoms with Crippen molar-refractivity contribution in [3.8, 4) is 0 Å². The Morgan fingerprint density at radius 1 is 1.03 bits per heavy atom. The first-order chi connectivity index (χ1) is 14.4. The molecule has 6 nitrogen and oxygen atoms in total. The summed E-state index contributed by atoms with van der Waals surface area (Å²) in [7, 11) is -3.54. The van der Waals surface area contributed by atoms with Gasteiger partial charge in [-0.15, -0.1) is 0 Å². The quantitative estimate of drug-likeness (QED) is 0.736. The van der Waals surface area contributed by atoms with Crippen molar-refractivity contribution >= 4 is 21.6 Å². The zero-order chi connectivity index (χ0) is 21.3. The van der Waals surface area contributed by atoms with E-state index < -0.39 is 10.0 Å². The molecule has 2 aliphatic heterocycles. The molecule has 0 bridgehead atoms. The number of hydrogen-bond donors (Lipinski definition) is 0. The van der Waals surface area contributed by atoms with Gasteiger partial charge >= 0.3 is 0 Å². The maximum Gasteiger partial charge on any atom is 0.243 e. The second kappa shape index (κ2) is 8.49. The zero-order valence-corrected chi connectivity index (χ0v) is 18.4. The fourth-order valence-electron chi connectivity index (χ4n) is 4.44. The summed E-state index contributed by atoms with van der Waals surface area (Å²) < 4.78 is 28.1. The number of hydrogen-bond acceptors (Lipinski definition) is 4. The van der Waals surface area contributed by atoms with E-state index in [4.69, 9.17) is 0 Å². The van der Waals surface area contributed by atoms with E-state index >= 15 is 0 Å². The summed E-state index contributed by atoms with van der Waals surface area (Å²) in [4.78, 5) is 16.7.